The van der Waals surface area contributed by atoms with Gasteiger partial charge in [0.05, 0.1) is 13.2 Å². The molecule has 0 radical (unpaired) electrons. The van der Waals surface area contributed by atoms with Gasteiger partial charge in [0.2, 0.25) is 5.79 Å². The van der Waals surface area contributed by atoms with Crippen molar-refractivity contribution in [2.24, 2.45) is 0 Å². The van der Waals surface area contributed by atoms with Gasteiger partial charge in [-0.1, -0.05) is 0 Å². The fraction of sp³-hybridized carbons (Fsp3) is 1.00. The first-order valence-electron chi connectivity index (χ1n) is 4.94. The van der Waals surface area contributed by atoms with Crippen molar-refractivity contribution in [3.05, 3.63) is 0 Å². The monoisotopic (exact) mass is 256 g/mol. The number of hydrogen-bond acceptors (Lipinski definition) is 8. The lowest BCUT2D eigenvalue weighted by atomic mass is 10.3. The number of aliphatic hydroxyl groups excluding tert-OH is 2. The average molecular weight is 256 g/mol. The molecule has 0 atom stereocenters. The van der Waals surface area contributed by atoms with E-state index >= 15 is 0 Å². The van der Waals surface area contributed by atoms with Crippen LogP contribution in [0.1, 0.15) is 0 Å². The van der Waals surface area contributed by atoms with Crippen molar-refractivity contribution >= 4 is 0 Å². The highest BCUT2D eigenvalue weighted by Gasteiger charge is 2.31. The Balaban J connectivity index is 4.06. The third-order valence-corrected chi connectivity index (χ3v) is 1.92. The van der Waals surface area contributed by atoms with Crippen molar-refractivity contribution in [1.29, 1.82) is 0 Å². The van der Waals surface area contributed by atoms with Gasteiger partial charge in [-0.15, -0.1) is 0 Å². The molecule has 0 bridgehead atoms. The molecule has 0 saturated carbocycles. The van der Waals surface area contributed by atoms with E-state index in [2.05, 4.69) is 0 Å². The zero-order valence-electron chi connectivity index (χ0n) is 9.90. The minimum absolute atomic E-state index is 0.0981. The van der Waals surface area contributed by atoms with Crippen LogP contribution in [0.4, 0.5) is 0 Å². The summed E-state index contributed by atoms with van der Waals surface area (Å²) in [6, 6.07) is 0. The summed E-state index contributed by atoms with van der Waals surface area (Å²) in [5, 5.41) is 34.4. The van der Waals surface area contributed by atoms with E-state index in [0.29, 0.717) is 0 Å². The largest absolute Gasteiger partial charge is 0.370 e. The highest BCUT2D eigenvalue weighted by atomic mass is 16.7. The van der Waals surface area contributed by atoms with Gasteiger partial charge in [-0.25, -0.2) is 0 Å². The zero-order chi connectivity index (χ0) is 13.3. The maximum atomic E-state index is 8.60. The first-order chi connectivity index (χ1) is 7.95. The SMILES string of the molecule is COC(COCC(O)O)(COCC(O)O)OC. The van der Waals surface area contributed by atoms with Gasteiger partial charge in [-0.2, -0.15) is 0 Å². The molecule has 0 aromatic carbocycles. The van der Waals surface area contributed by atoms with E-state index in [1.54, 1.807) is 0 Å². The highest BCUT2D eigenvalue weighted by molar-refractivity contribution is 4.68. The van der Waals surface area contributed by atoms with Crippen LogP contribution in [-0.4, -0.2) is 79.4 Å². The second-order valence-corrected chi connectivity index (χ2v) is 3.31. The summed E-state index contributed by atoms with van der Waals surface area (Å²) in [5.41, 5.74) is 0. The molecule has 0 fully saturated rings. The average Bonchev–Trinajstić information content (AvgIpc) is 2.26. The van der Waals surface area contributed by atoms with Gasteiger partial charge in [-0.05, 0) is 0 Å². The lowest BCUT2D eigenvalue weighted by molar-refractivity contribution is -0.269. The van der Waals surface area contributed by atoms with Crippen molar-refractivity contribution in [2.75, 3.05) is 40.6 Å². The van der Waals surface area contributed by atoms with Crippen LogP contribution in [0.3, 0.4) is 0 Å². The fourth-order valence-electron chi connectivity index (χ4n) is 1.00. The normalized spacial score (nSPS) is 12.7. The molecule has 17 heavy (non-hydrogen) atoms. The summed E-state index contributed by atoms with van der Waals surface area (Å²) in [5.74, 6) is -1.23. The van der Waals surface area contributed by atoms with Crippen LogP contribution < -0.4 is 0 Å². The lowest BCUT2D eigenvalue weighted by Crippen LogP contribution is -2.45. The van der Waals surface area contributed by atoms with Crippen LogP contribution in [0.5, 0.6) is 0 Å². The molecule has 0 aliphatic rings. The summed E-state index contributed by atoms with van der Waals surface area (Å²) in [6.07, 6.45) is -3.16. The van der Waals surface area contributed by atoms with Gasteiger partial charge in [0.1, 0.15) is 13.2 Å². The summed E-state index contributed by atoms with van der Waals surface area (Å²) in [6.45, 7) is -0.785. The minimum Gasteiger partial charge on any atom is -0.370 e. The van der Waals surface area contributed by atoms with Crippen molar-refractivity contribution < 1.29 is 39.4 Å². The standard InChI is InChI=1S/C9H20O8/c1-14-9(15-2,5-16-3-7(10)11)6-17-4-8(12)13/h7-8,10-13H,3-6H2,1-2H3. The number of rotatable bonds is 10. The van der Waals surface area contributed by atoms with Gasteiger partial charge >= 0.3 is 0 Å². The second kappa shape index (κ2) is 8.72. The molecule has 4 N–H and O–H groups in total. The number of methoxy groups -OCH3 is 2. The van der Waals surface area contributed by atoms with Crippen LogP contribution in [-0.2, 0) is 18.9 Å². The van der Waals surface area contributed by atoms with Crippen molar-refractivity contribution in [3.8, 4) is 0 Å². The quantitative estimate of drug-likeness (QED) is 0.320. The maximum Gasteiger partial charge on any atom is 0.215 e. The first kappa shape index (κ1) is 16.7. The van der Waals surface area contributed by atoms with E-state index in [9.17, 15) is 0 Å². The molecule has 0 aliphatic carbocycles. The van der Waals surface area contributed by atoms with E-state index in [0.717, 1.165) is 0 Å². The topological polar surface area (TPSA) is 118 Å². The molecule has 0 aromatic heterocycles. The van der Waals surface area contributed by atoms with Crippen LogP contribution >= 0.6 is 0 Å². The van der Waals surface area contributed by atoms with Gasteiger partial charge in [0.15, 0.2) is 12.6 Å². The third kappa shape index (κ3) is 7.58. The Morgan fingerprint density at radius 3 is 1.41 bits per heavy atom. The molecule has 0 aliphatic heterocycles. The minimum atomic E-state index is -1.58. The van der Waals surface area contributed by atoms with Gasteiger partial charge < -0.3 is 39.4 Å². The van der Waals surface area contributed by atoms with E-state index < -0.39 is 18.4 Å². The Hall–Kier alpha value is -0.320. The summed E-state index contributed by atoms with van der Waals surface area (Å²) in [7, 11) is 2.72. The van der Waals surface area contributed by atoms with Crippen LogP contribution in [0.2, 0.25) is 0 Å². The molecular weight excluding hydrogens is 236 g/mol. The molecule has 0 rings (SSSR count). The highest BCUT2D eigenvalue weighted by Crippen LogP contribution is 2.13. The third-order valence-electron chi connectivity index (χ3n) is 1.92. The van der Waals surface area contributed by atoms with Gasteiger partial charge in [0, 0.05) is 14.2 Å². The molecule has 0 amide bonds. The molecular formula is C9H20O8. The van der Waals surface area contributed by atoms with Crippen molar-refractivity contribution in [2.45, 2.75) is 18.4 Å². The van der Waals surface area contributed by atoms with Crippen LogP contribution in [0, 0.1) is 0 Å². The Morgan fingerprint density at radius 1 is 0.824 bits per heavy atom. The molecule has 8 nitrogen and oxygen atoms in total. The van der Waals surface area contributed by atoms with E-state index in [-0.39, 0.29) is 26.4 Å². The molecule has 0 spiro atoms. The number of aliphatic hydroxyl groups is 4. The first-order valence-corrected chi connectivity index (χ1v) is 4.94. The van der Waals surface area contributed by atoms with Gasteiger partial charge in [0.25, 0.3) is 0 Å². The Morgan fingerprint density at radius 2 is 1.18 bits per heavy atom. The molecule has 0 unspecified atom stereocenters. The fourth-order valence-corrected chi connectivity index (χ4v) is 1.00. The summed E-state index contributed by atoms with van der Waals surface area (Å²) in [4.78, 5) is 0. The molecule has 0 aromatic rings. The van der Waals surface area contributed by atoms with Crippen LogP contribution in [0.15, 0.2) is 0 Å². The molecule has 0 heterocycles. The Kier molecular flexibility index (Phi) is 8.56. The van der Waals surface area contributed by atoms with E-state index in [4.69, 9.17) is 39.4 Å². The molecule has 104 valence electrons. The Bertz CT molecular complexity index is 164. The van der Waals surface area contributed by atoms with E-state index in [1.165, 1.54) is 14.2 Å². The van der Waals surface area contributed by atoms with Crippen LogP contribution in [0.25, 0.3) is 0 Å². The Labute approximate surface area is 99.3 Å². The smallest absolute Gasteiger partial charge is 0.215 e. The van der Waals surface area contributed by atoms with Crippen molar-refractivity contribution in [3.63, 3.8) is 0 Å². The summed E-state index contributed by atoms with van der Waals surface area (Å²) < 4.78 is 20.0. The second-order valence-electron chi connectivity index (χ2n) is 3.31. The lowest BCUT2D eigenvalue weighted by Gasteiger charge is -2.30. The molecule has 0 saturated heterocycles. The number of hydrogen-bond donors (Lipinski definition) is 4. The van der Waals surface area contributed by atoms with Gasteiger partial charge in [-0.3, -0.25) is 0 Å². The maximum absolute atomic E-state index is 8.60. The predicted molar refractivity (Wildman–Crippen MR) is 54.8 cm³/mol. The predicted octanol–water partition coefficient (Wildman–Crippen LogP) is -2.37. The van der Waals surface area contributed by atoms with E-state index in [1.807, 2.05) is 0 Å². The van der Waals surface area contributed by atoms with Crippen molar-refractivity contribution in [1.82, 2.24) is 0 Å². The summed E-state index contributed by atoms with van der Waals surface area (Å²) >= 11 is 0. The number of ether oxygens (including phenoxy) is 4. The molecule has 8 heteroatoms. The zero-order valence-corrected chi connectivity index (χ0v) is 9.90.